The maximum atomic E-state index is 12.0. The minimum Gasteiger partial charge on any atom is -0.455 e. The fourth-order valence-corrected chi connectivity index (χ4v) is 3.89. The molecule has 140 valence electrons. The molecule has 2 aromatic rings. The molecule has 7 heteroatoms. The number of fused-ring (bicyclic) bond motifs is 1. The molecule has 1 aromatic carbocycles. The first kappa shape index (κ1) is 18.8. The lowest BCUT2D eigenvalue weighted by atomic mass is 9.78. The highest BCUT2D eigenvalue weighted by atomic mass is 32.2. The highest BCUT2D eigenvalue weighted by Crippen LogP contribution is 2.29. The molecule has 3 rings (SSSR count). The molecule has 1 aliphatic carbocycles. The van der Waals surface area contributed by atoms with E-state index in [1.165, 1.54) is 6.42 Å². The lowest BCUT2D eigenvalue weighted by Crippen LogP contribution is -2.45. The van der Waals surface area contributed by atoms with Gasteiger partial charge in [0.05, 0.1) is 0 Å². The van der Waals surface area contributed by atoms with Crippen LogP contribution in [-0.2, 0) is 14.3 Å². The Labute approximate surface area is 157 Å². The summed E-state index contributed by atoms with van der Waals surface area (Å²) in [5.74, 6) is 0.396. The van der Waals surface area contributed by atoms with Crippen molar-refractivity contribution in [2.45, 2.75) is 44.4 Å². The van der Waals surface area contributed by atoms with Gasteiger partial charge in [0.15, 0.2) is 12.2 Å². The van der Waals surface area contributed by atoms with E-state index >= 15 is 0 Å². The molecule has 0 bridgehead atoms. The quantitative estimate of drug-likeness (QED) is 0.615. The van der Waals surface area contributed by atoms with Gasteiger partial charge in [0, 0.05) is 6.04 Å². The Morgan fingerprint density at radius 1 is 1.31 bits per heavy atom. The van der Waals surface area contributed by atoms with Gasteiger partial charge in [0.25, 0.3) is 11.1 Å². The Hall–Kier alpha value is -2.02. The van der Waals surface area contributed by atoms with E-state index in [1.54, 1.807) is 0 Å². The number of esters is 1. The number of rotatable bonds is 6. The number of nitrogens with zero attached hydrogens (tertiary/aromatic N) is 1. The van der Waals surface area contributed by atoms with Crippen LogP contribution < -0.4 is 5.32 Å². The third-order valence-corrected chi connectivity index (χ3v) is 5.81. The molecule has 6 nitrogen and oxygen atoms in total. The van der Waals surface area contributed by atoms with Crippen molar-refractivity contribution in [2.75, 3.05) is 12.4 Å². The number of ether oxygens (including phenoxy) is 1. The SMILES string of the molecule is C[C@@H]1[C@H](C)CCC[C@@H]1NC(=O)COC(=O)CSc1nc2ccccc2o1. The van der Waals surface area contributed by atoms with Gasteiger partial charge in [-0.2, -0.15) is 0 Å². The van der Waals surface area contributed by atoms with Gasteiger partial charge < -0.3 is 14.5 Å². The highest BCUT2D eigenvalue weighted by Gasteiger charge is 2.28. The summed E-state index contributed by atoms with van der Waals surface area (Å²) in [5, 5.41) is 3.41. The number of nitrogens with one attached hydrogen (secondary N) is 1. The number of hydrogen-bond donors (Lipinski definition) is 1. The van der Waals surface area contributed by atoms with Crippen LogP contribution in [0.2, 0.25) is 0 Å². The van der Waals surface area contributed by atoms with Gasteiger partial charge in [-0.05, 0) is 30.4 Å². The van der Waals surface area contributed by atoms with E-state index in [0.29, 0.717) is 22.6 Å². The highest BCUT2D eigenvalue weighted by molar-refractivity contribution is 7.99. The minimum absolute atomic E-state index is 0.0525. The number of amides is 1. The van der Waals surface area contributed by atoms with Gasteiger partial charge >= 0.3 is 5.97 Å². The van der Waals surface area contributed by atoms with Crippen LogP contribution in [0.25, 0.3) is 11.1 Å². The predicted octanol–water partition coefficient (Wildman–Crippen LogP) is 3.40. The summed E-state index contributed by atoms with van der Waals surface area (Å²) < 4.78 is 10.6. The summed E-state index contributed by atoms with van der Waals surface area (Å²) in [6, 6.07) is 7.57. The minimum atomic E-state index is -0.461. The van der Waals surface area contributed by atoms with E-state index in [4.69, 9.17) is 9.15 Å². The van der Waals surface area contributed by atoms with Crippen LogP contribution in [0.1, 0.15) is 33.1 Å². The first-order valence-electron chi connectivity index (χ1n) is 8.96. The van der Waals surface area contributed by atoms with Crippen LogP contribution in [0.5, 0.6) is 0 Å². The number of carbonyl (C=O) groups is 2. The lowest BCUT2D eigenvalue weighted by Gasteiger charge is -2.34. The number of hydrogen-bond acceptors (Lipinski definition) is 6. The molecule has 0 radical (unpaired) electrons. The van der Waals surface area contributed by atoms with Crippen molar-refractivity contribution >= 4 is 34.7 Å². The molecule has 0 spiro atoms. The lowest BCUT2D eigenvalue weighted by molar-refractivity contribution is -0.146. The monoisotopic (exact) mass is 376 g/mol. The largest absolute Gasteiger partial charge is 0.455 e. The molecule has 0 unspecified atom stereocenters. The number of aromatic nitrogens is 1. The fraction of sp³-hybridized carbons (Fsp3) is 0.526. The van der Waals surface area contributed by atoms with E-state index in [-0.39, 0.29) is 24.3 Å². The Balaban J connectivity index is 1.40. The first-order chi connectivity index (χ1) is 12.5. The van der Waals surface area contributed by atoms with Gasteiger partial charge in [0.1, 0.15) is 11.3 Å². The first-order valence-corrected chi connectivity index (χ1v) is 9.95. The number of thioether (sulfide) groups is 1. The molecule has 0 aliphatic heterocycles. The summed E-state index contributed by atoms with van der Waals surface area (Å²) in [6.45, 7) is 4.13. The average Bonchev–Trinajstić information content (AvgIpc) is 3.05. The molecule has 26 heavy (non-hydrogen) atoms. The third kappa shape index (κ3) is 4.78. The van der Waals surface area contributed by atoms with Crippen molar-refractivity contribution in [3.8, 4) is 0 Å². The van der Waals surface area contributed by atoms with Gasteiger partial charge in [-0.25, -0.2) is 4.98 Å². The zero-order chi connectivity index (χ0) is 18.5. The van der Waals surface area contributed by atoms with Gasteiger partial charge in [-0.1, -0.05) is 50.6 Å². The summed E-state index contributed by atoms with van der Waals surface area (Å²) >= 11 is 1.16. The summed E-state index contributed by atoms with van der Waals surface area (Å²) in [5.41, 5.74) is 1.43. The van der Waals surface area contributed by atoms with Crippen LogP contribution in [0.4, 0.5) is 0 Å². The number of benzene rings is 1. The molecule has 1 amide bonds. The average molecular weight is 376 g/mol. The van der Waals surface area contributed by atoms with E-state index in [0.717, 1.165) is 30.1 Å². The van der Waals surface area contributed by atoms with Crippen molar-refractivity contribution in [3.05, 3.63) is 24.3 Å². The second-order valence-electron chi connectivity index (χ2n) is 6.84. The maximum Gasteiger partial charge on any atom is 0.316 e. The second-order valence-corrected chi connectivity index (χ2v) is 7.76. The zero-order valence-corrected chi connectivity index (χ0v) is 15.9. The molecule has 1 saturated carbocycles. The van der Waals surface area contributed by atoms with Crippen LogP contribution >= 0.6 is 11.8 Å². The Kier molecular flexibility index (Phi) is 6.19. The molecule has 1 N–H and O–H groups in total. The van der Waals surface area contributed by atoms with Gasteiger partial charge in [-0.15, -0.1) is 0 Å². The van der Waals surface area contributed by atoms with Crippen LogP contribution in [0, 0.1) is 11.8 Å². The summed E-state index contributed by atoms with van der Waals surface area (Å²) in [6.07, 6.45) is 3.31. The smallest absolute Gasteiger partial charge is 0.316 e. The Bertz CT molecular complexity index is 743. The van der Waals surface area contributed by atoms with E-state index in [9.17, 15) is 9.59 Å². The standard InChI is InChI=1S/C19H24N2O4S/c1-12-6-5-8-14(13(12)2)20-17(22)10-24-18(23)11-26-19-21-15-7-3-4-9-16(15)25-19/h3-4,7,9,12-14H,5-6,8,10-11H2,1-2H3,(H,20,22)/t12-,13-,14+/m1/s1. The number of carbonyl (C=O) groups excluding carboxylic acids is 2. The molecule has 1 aromatic heterocycles. The molecule has 1 aliphatic rings. The van der Waals surface area contributed by atoms with Crippen molar-refractivity contribution < 1.29 is 18.7 Å². The van der Waals surface area contributed by atoms with Crippen molar-refractivity contribution in [1.29, 1.82) is 0 Å². The van der Waals surface area contributed by atoms with Crippen LogP contribution in [-0.4, -0.2) is 35.3 Å². The maximum absolute atomic E-state index is 12.0. The Morgan fingerprint density at radius 3 is 2.92 bits per heavy atom. The fourth-order valence-electron chi connectivity index (χ4n) is 3.26. The summed E-state index contributed by atoms with van der Waals surface area (Å²) in [7, 11) is 0. The van der Waals surface area contributed by atoms with Crippen molar-refractivity contribution in [3.63, 3.8) is 0 Å². The van der Waals surface area contributed by atoms with Crippen LogP contribution in [0.15, 0.2) is 33.9 Å². The van der Waals surface area contributed by atoms with E-state index in [1.807, 2.05) is 24.3 Å². The predicted molar refractivity (Wildman–Crippen MR) is 99.8 cm³/mol. The second kappa shape index (κ2) is 8.58. The molecule has 1 heterocycles. The van der Waals surface area contributed by atoms with Gasteiger partial charge in [-0.3, -0.25) is 9.59 Å². The molecule has 3 atom stereocenters. The topological polar surface area (TPSA) is 81.4 Å². The number of para-hydroxylation sites is 2. The van der Waals surface area contributed by atoms with E-state index < -0.39 is 5.97 Å². The van der Waals surface area contributed by atoms with Crippen molar-refractivity contribution in [1.82, 2.24) is 10.3 Å². The summed E-state index contributed by atoms with van der Waals surface area (Å²) in [4.78, 5) is 28.2. The van der Waals surface area contributed by atoms with Crippen LogP contribution in [0.3, 0.4) is 0 Å². The normalized spacial score (nSPS) is 22.9. The van der Waals surface area contributed by atoms with Crippen molar-refractivity contribution in [2.24, 2.45) is 11.8 Å². The molecule has 0 saturated heterocycles. The van der Waals surface area contributed by atoms with E-state index in [2.05, 4.69) is 24.1 Å². The molecular weight excluding hydrogens is 352 g/mol. The molecule has 1 fully saturated rings. The van der Waals surface area contributed by atoms with Gasteiger partial charge in [0.2, 0.25) is 0 Å². The molecular formula is C19H24N2O4S. The number of oxazole rings is 1. The zero-order valence-electron chi connectivity index (χ0n) is 15.1. The Morgan fingerprint density at radius 2 is 2.12 bits per heavy atom. The third-order valence-electron chi connectivity index (χ3n) is 5.01.